The van der Waals surface area contributed by atoms with Crippen molar-refractivity contribution in [1.82, 2.24) is 0 Å². The Bertz CT molecular complexity index is 136. The van der Waals surface area contributed by atoms with E-state index in [0.717, 1.165) is 17.6 Å². The summed E-state index contributed by atoms with van der Waals surface area (Å²) in [6, 6.07) is 0.116. The van der Waals surface area contributed by atoms with Crippen molar-refractivity contribution in [3.63, 3.8) is 0 Å². The van der Waals surface area contributed by atoms with Gasteiger partial charge in [0.15, 0.2) is 0 Å². The molecule has 0 aliphatic carbocycles. The molecular weight excluding hydrogens is 220 g/mol. The molecule has 0 saturated heterocycles. The van der Waals surface area contributed by atoms with Crippen LogP contribution >= 0.6 is 0 Å². The SMILES string of the molecule is C[O][Ti]([CH2]CC(N)CCN)([O]C)[O]C. The van der Waals surface area contributed by atoms with E-state index in [0.29, 0.717) is 6.54 Å². The molecule has 0 rings (SSSR count). The van der Waals surface area contributed by atoms with Gasteiger partial charge in [-0.15, -0.1) is 0 Å². The maximum absolute atomic E-state index is 5.84. The molecule has 0 aliphatic heterocycles. The Kier molecular flexibility index (Phi) is 8.05. The Morgan fingerprint density at radius 1 is 1.07 bits per heavy atom. The van der Waals surface area contributed by atoms with Crippen LogP contribution in [0.15, 0.2) is 0 Å². The minimum absolute atomic E-state index is 0.116. The van der Waals surface area contributed by atoms with Crippen LogP contribution in [0, 0.1) is 0 Å². The predicted molar refractivity (Wildman–Crippen MR) is 52.1 cm³/mol. The van der Waals surface area contributed by atoms with Crippen molar-refractivity contribution >= 4 is 0 Å². The molecule has 0 aromatic carbocycles. The Labute approximate surface area is 90.9 Å². The number of hydrogen-bond acceptors (Lipinski definition) is 5. The molecule has 0 fully saturated rings. The molecule has 6 heteroatoms. The Hall–Kier alpha value is 0.514. The fourth-order valence-corrected chi connectivity index (χ4v) is 4.14. The van der Waals surface area contributed by atoms with Crippen molar-refractivity contribution in [1.29, 1.82) is 0 Å². The summed E-state index contributed by atoms with van der Waals surface area (Å²) in [6.45, 7) is 0.619. The maximum atomic E-state index is 5.84. The second-order valence-electron chi connectivity index (χ2n) is 3.17. The predicted octanol–water partition coefficient (Wildman–Crippen LogP) is 0.309. The Morgan fingerprint density at radius 3 is 1.93 bits per heavy atom. The van der Waals surface area contributed by atoms with Crippen LogP contribution in [-0.4, -0.2) is 33.9 Å². The van der Waals surface area contributed by atoms with E-state index in [1.54, 1.807) is 21.3 Å². The molecular formula is C8H22N2O3Ti. The van der Waals surface area contributed by atoms with Crippen LogP contribution < -0.4 is 11.5 Å². The van der Waals surface area contributed by atoms with Gasteiger partial charge in [0.05, 0.1) is 0 Å². The van der Waals surface area contributed by atoms with Crippen LogP contribution in [0.25, 0.3) is 0 Å². The molecule has 0 saturated carbocycles. The van der Waals surface area contributed by atoms with Crippen LogP contribution in [0.3, 0.4) is 0 Å². The Balaban J connectivity index is 3.92. The van der Waals surface area contributed by atoms with Crippen molar-refractivity contribution < 1.29 is 27.7 Å². The van der Waals surface area contributed by atoms with E-state index in [2.05, 4.69) is 0 Å². The third kappa shape index (κ3) is 4.84. The van der Waals surface area contributed by atoms with Crippen molar-refractivity contribution in [2.75, 3.05) is 27.9 Å². The average Bonchev–Trinajstić information content (AvgIpc) is 2.21. The summed E-state index contributed by atoms with van der Waals surface area (Å²) in [7, 11) is 4.88. The van der Waals surface area contributed by atoms with Crippen LogP contribution in [0.1, 0.15) is 12.8 Å². The molecule has 0 spiro atoms. The van der Waals surface area contributed by atoms with Gasteiger partial charge in [0.1, 0.15) is 0 Å². The molecule has 86 valence electrons. The van der Waals surface area contributed by atoms with Gasteiger partial charge in [-0.05, 0) is 0 Å². The summed E-state index contributed by atoms with van der Waals surface area (Å²) >= 11 is -2.94. The summed E-state index contributed by atoms with van der Waals surface area (Å²) in [5.74, 6) is 0. The summed E-state index contributed by atoms with van der Waals surface area (Å²) in [5.41, 5.74) is 11.2. The quantitative estimate of drug-likeness (QED) is 0.599. The van der Waals surface area contributed by atoms with E-state index >= 15 is 0 Å². The average molecular weight is 242 g/mol. The van der Waals surface area contributed by atoms with E-state index in [1.807, 2.05) is 0 Å². The normalized spacial score (nSPS) is 14.4. The molecule has 1 unspecified atom stereocenters. The first kappa shape index (κ1) is 14.5. The summed E-state index contributed by atoms with van der Waals surface area (Å²) in [4.78, 5) is 0. The summed E-state index contributed by atoms with van der Waals surface area (Å²) < 4.78 is 16.7. The zero-order valence-electron chi connectivity index (χ0n) is 9.29. The van der Waals surface area contributed by atoms with Gasteiger partial charge in [-0.3, -0.25) is 0 Å². The second-order valence-corrected chi connectivity index (χ2v) is 8.00. The molecule has 0 radical (unpaired) electrons. The topological polar surface area (TPSA) is 79.7 Å². The molecule has 0 heterocycles. The van der Waals surface area contributed by atoms with Crippen molar-refractivity contribution in [3.8, 4) is 0 Å². The van der Waals surface area contributed by atoms with Crippen LogP contribution in [0.2, 0.25) is 4.73 Å². The van der Waals surface area contributed by atoms with Gasteiger partial charge in [-0.1, -0.05) is 0 Å². The molecule has 5 nitrogen and oxygen atoms in total. The molecule has 0 aromatic rings. The first-order chi connectivity index (χ1) is 6.64. The van der Waals surface area contributed by atoms with Gasteiger partial charge in [-0.25, -0.2) is 0 Å². The van der Waals surface area contributed by atoms with Crippen LogP contribution in [-0.2, 0) is 27.7 Å². The molecule has 4 N–H and O–H groups in total. The van der Waals surface area contributed by atoms with Gasteiger partial charge in [0, 0.05) is 0 Å². The van der Waals surface area contributed by atoms with E-state index < -0.39 is 17.8 Å². The standard InChI is InChI=1S/C5H13N2.3CH3O.Ti/c1-2-5(7)3-4-6;3*1-2;/h5H,1-4,6-7H2;3*1H3;/q;3*-1;+3. The molecule has 0 aromatic heterocycles. The zero-order valence-corrected chi connectivity index (χ0v) is 10.8. The van der Waals surface area contributed by atoms with Gasteiger partial charge in [0.2, 0.25) is 0 Å². The minimum atomic E-state index is -2.94. The number of nitrogens with two attached hydrogens (primary N) is 2. The molecule has 0 amide bonds. The fraction of sp³-hybridized carbons (Fsp3) is 1.00. The van der Waals surface area contributed by atoms with Crippen molar-refractivity contribution in [2.24, 2.45) is 11.5 Å². The fourth-order valence-electron chi connectivity index (χ4n) is 1.28. The number of rotatable bonds is 8. The monoisotopic (exact) mass is 242 g/mol. The molecule has 1 atom stereocenters. The molecule has 0 aliphatic rings. The molecule has 14 heavy (non-hydrogen) atoms. The third-order valence-corrected chi connectivity index (χ3v) is 6.61. The molecule has 0 bridgehead atoms. The van der Waals surface area contributed by atoms with Crippen molar-refractivity contribution in [2.45, 2.75) is 23.6 Å². The first-order valence-corrected chi connectivity index (χ1v) is 7.77. The first-order valence-electron chi connectivity index (χ1n) is 4.75. The summed E-state index contributed by atoms with van der Waals surface area (Å²) in [5, 5.41) is 0. The van der Waals surface area contributed by atoms with E-state index in [4.69, 9.17) is 21.4 Å². The van der Waals surface area contributed by atoms with E-state index in [-0.39, 0.29) is 6.04 Å². The van der Waals surface area contributed by atoms with Crippen molar-refractivity contribution in [3.05, 3.63) is 0 Å². The van der Waals surface area contributed by atoms with E-state index in [9.17, 15) is 0 Å². The van der Waals surface area contributed by atoms with Crippen LogP contribution in [0.4, 0.5) is 0 Å². The second kappa shape index (κ2) is 7.76. The van der Waals surface area contributed by atoms with Gasteiger partial charge >= 0.3 is 90.7 Å². The van der Waals surface area contributed by atoms with Gasteiger partial charge in [-0.2, -0.15) is 0 Å². The Morgan fingerprint density at radius 2 is 1.57 bits per heavy atom. The zero-order chi connectivity index (χ0) is 11.0. The third-order valence-electron chi connectivity index (χ3n) is 2.29. The van der Waals surface area contributed by atoms with E-state index in [1.165, 1.54) is 0 Å². The number of hydrogen-bond donors (Lipinski definition) is 2. The van der Waals surface area contributed by atoms with Gasteiger partial charge in [0.25, 0.3) is 0 Å². The van der Waals surface area contributed by atoms with Crippen LogP contribution in [0.5, 0.6) is 0 Å². The summed E-state index contributed by atoms with van der Waals surface area (Å²) in [6.07, 6.45) is 1.67. The van der Waals surface area contributed by atoms with Gasteiger partial charge < -0.3 is 0 Å².